The minimum absolute atomic E-state index is 0.00192. The first-order valence-corrected chi connectivity index (χ1v) is 10.5. The maximum absolute atomic E-state index is 12.3. The van der Waals surface area contributed by atoms with E-state index in [0.29, 0.717) is 28.7 Å². The average Bonchev–Trinajstić information content (AvgIpc) is 2.81. The normalized spacial score (nSPS) is 15.6. The molecule has 0 saturated heterocycles. The van der Waals surface area contributed by atoms with Crippen LogP contribution in [0.4, 0.5) is 0 Å². The first kappa shape index (κ1) is 22.2. The molecule has 0 aromatic heterocycles. The number of rotatable bonds is 8. The molecule has 1 atom stereocenters. The van der Waals surface area contributed by atoms with E-state index in [1.807, 2.05) is 36.4 Å². The number of ether oxygens (including phenoxy) is 3. The maximum atomic E-state index is 12.3. The van der Waals surface area contributed by atoms with Crippen LogP contribution in [0.3, 0.4) is 0 Å². The second-order valence-corrected chi connectivity index (χ2v) is 7.69. The quantitative estimate of drug-likeness (QED) is 0.630. The van der Waals surface area contributed by atoms with E-state index in [0.717, 1.165) is 22.9 Å². The van der Waals surface area contributed by atoms with Gasteiger partial charge in [0.2, 0.25) is 5.91 Å². The number of benzene rings is 2. The molecule has 0 radical (unpaired) electrons. The van der Waals surface area contributed by atoms with Gasteiger partial charge in [0, 0.05) is 12.3 Å². The predicted octanol–water partition coefficient (Wildman–Crippen LogP) is 3.52. The molecule has 2 aromatic carbocycles. The monoisotopic (exact) mass is 438 g/mol. The SMILES string of the molecule is COC(=O)CSC1=C(C#N)C(c2ccc(OC)c(OCc3ccccc3)c2)CC(=O)N1. The van der Waals surface area contributed by atoms with Crippen LogP contribution in [0, 0.1) is 11.3 Å². The molecule has 1 aliphatic rings. The van der Waals surface area contributed by atoms with E-state index in [9.17, 15) is 14.9 Å². The van der Waals surface area contributed by atoms with Gasteiger partial charge in [0.25, 0.3) is 0 Å². The highest BCUT2D eigenvalue weighted by molar-refractivity contribution is 8.03. The number of esters is 1. The first-order valence-electron chi connectivity index (χ1n) is 9.54. The number of methoxy groups -OCH3 is 2. The molecule has 0 fully saturated rings. The highest BCUT2D eigenvalue weighted by Gasteiger charge is 2.30. The van der Waals surface area contributed by atoms with Crippen molar-refractivity contribution >= 4 is 23.6 Å². The summed E-state index contributed by atoms with van der Waals surface area (Å²) < 4.78 is 16.0. The van der Waals surface area contributed by atoms with Crippen molar-refractivity contribution in [3.8, 4) is 17.6 Å². The van der Waals surface area contributed by atoms with Crippen molar-refractivity contribution in [1.29, 1.82) is 5.26 Å². The molecule has 1 unspecified atom stereocenters. The van der Waals surface area contributed by atoms with Gasteiger partial charge in [-0.05, 0) is 23.3 Å². The lowest BCUT2D eigenvalue weighted by Crippen LogP contribution is -2.31. The number of carbonyl (C=O) groups excluding carboxylic acids is 2. The largest absolute Gasteiger partial charge is 0.493 e. The summed E-state index contributed by atoms with van der Waals surface area (Å²) in [6.45, 7) is 0.354. The van der Waals surface area contributed by atoms with Gasteiger partial charge in [-0.15, -0.1) is 0 Å². The fraction of sp³-hybridized carbons (Fsp3) is 0.261. The molecular formula is C23H22N2O5S. The lowest BCUT2D eigenvalue weighted by molar-refractivity contribution is -0.137. The Kier molecular flexibility index (Phi) is 7.57. The first-order chi connectivity index (χ1) is 15.0. The van der Waals surface area contributed by atoms with E-state index >= 15 is 0 Å². The molecule has 0 bridgehead atoms. The summed E-state index contributed by atoms with van der Waals surface area (Å²) in [5.74, 6) is -0.0356. The maximum Gasteiger partial charge on any atom is 0.316 e. The zero-order valence-electron chi connectivity index (χ0n) is 17.2. The molecule has 0 spiro atoms. The minimum atomic E-state index is -0.455. The summed E-state index contributed by atoms with van der Waals surface area (Å²) in [5.41, 5.74) is 2.16. The third kappa shape index (κ3) is 5.58. The Morgan fingerprint density at radius 1 is 1.19 bits per heavy atom. The predicted molar refractivity (Wildman–Crippen MR) is 116 cm³/mol. The smallest absolute Gasteiger partial charge is 0.316 e. The summed E-state index contributed by atoms with van der Waals surface area (Å²) in [4.78, 5) is 23.8. The molecule has 1 amide bonds. The minimum Gasteiger partial charge on any atom is -0.493 e. The van der Waals surface area contributed by atoms with Crippen molar-refractivity contribution in [2.75, 3.05) is 20.0 Å². The molecule has 7 nitrogen and oxygen atoms in total. The van der Waals surface area contributed by atoms with Gasteiger partial charge < -0.3 is 19.5 Å². The molecule has 3 rings (SSSR count). The van der Waals surface area contributed by atoms with Gasteiger partial charge >= 0.3 is 5.97 Å². The van der Waals surface area contributed by atoms with E-state index < -0.39 is 11.9 Å². The molecule has 1 heterocycles. The summed E-state index contributed by atoms with van der Waals surface area (Å²) in [6.07, 6.45) is 0.121. The van der Waals surface area contributed by atoms with Crippen LogP contribution in [0.5, 0.6) is 11.5 Å². The molecule has 1 N–H and O–H groups in total. The zero-order valence-corrected chi connectivity index (χ0v) is 18.0. The van der Waals surface area contributed by atoms with Crippen molar-refractivity contribution < 1.29 is 23.8 Å². The van der Waals surface area contributed by atoms with Crippen LogP contribution in [0.2, 0.25) is 0 Å². The highest BCUT2D eigenvalue weighted by atomic mass is 32.2. The van der Waals surface area contributed by atoms with Crippen LogP contribution in [0.1, 0.15) is 23.5 Å². The lowest BCUT2D eigenvalue weighted by Gasteiger charge is -2.25. The lowest BCUT2D eigenvalue weighted by atomic mass is 9.87. The second kappa shape index (κ2) is 10.5. The van der Waals surface area contributed by atoms with E-state index in [2.05, 4.69) is 16.1 Å². The molecule has 0 aliphatic carbocycles. The third-order valence-electron chi connectivity index (χ3n) is 4.75. The van der Waals surface area contributed by atoms with Gasteiger partial charge in [0.15, 0.2) is 11.5 Å². The Morgan fingerprint density at radius 2 is 1.97 bits per heavy atom. The fourth-order valence-electron chi connectivity index (χ4n) is 3.17. The molecular weight excluding hydrogens is 416 g/mol. The van der Waals surface area contributed by atoms with Crippen LogP contribution in [-0.2, 0) is 20.9 Å². The summed E-state index contributed by atoms with van der Waals surface area (Å²) in [7, 11) is 2.85. The van der Waals surface area contributed by atoms with Gasteiger partial charge in [0.05, 0.1) is 36.6 Å². The number of nitrogens with one attached hydrogen (secondary N) is 1. The second-order valence-electron chi connectivity index (χ2n) is 6.71. The number of amides is 1. The van der Waals surface area contributed by atoms with Crippen molar-refractivity contribution in [3.63, 3.8) is 0 Å². The highest BCUT2D eigenvalue weighted by Crippen LogP contribution is 2.39. The topological polar surface area (TPSA) is 97.7 Å². The standard InChI is InChI=1S/C23H22N2O5S/c1-28-19-9-8-16(10-20(19)30-13-15-6-4-3-5-7-15)17-11-21(26)25-23(18(17)12-24)31-14-22(27)29-2/h3-10,17H,11,13-14H2,1-2H3,(H,25,26). The van der Waals surface area contributed by atoms with Gasteiger partial charge in [-0.1, -0.05) is 48.2 Å². The van der Waals surface area contributed by atoms with Crippen LogP contribution in [-0.4, -0.2) is 31.8 Å². The zero-order chi connectivity index (χ0) is 22.2. The molecule has 0 saturated carbocycles. The van der Waals surface area contributed by atoms with Crippen LogP contribution < -0.4 is 14.8 Å². The Morgan fingerprint density at radius 3 is 2.65 bits per heavy atom. The fourth-order valence-corrected chi connectivity index (χ4v) is 4.08. The van der Waals surface area contributed by atoms with Gasteiger partial charge in [-0.3, -0.25) is 9.59 Å². The summed E-state index contributed by atoms with van der Waals surface area (Å²) in [5, 5.41) is 12.8. The van der Waals surface area contributed by atoms with Crippen LogP contribution >= 0.6 is 11.8 Å². The number of thioether (sulfide) groups is 1. The Bertz CT molecular complexity index is 1030. The van der Waals surface area contributed by atoms with Crippen molar-refractivity contribution in [1.82, 2.24) is 5.32 Å². The van der Waals surface area contributed by atoms with Crippen molar-refractivity contribution in [2.24, 2.45) is 0 Å². The van der Waals surface area contributed by atoms with E-state index in [1.54, 1.807) is 19.2 Å². The van der Waals surface area contributed by atoms with Gasteiger partial charge in [-0.2, -0.15) is 5.26 Å². The number of hydrogen-bond donors (Lipinski definition) is 1. The number of carbonyl (C=O) groups is 2. The van der Waals surface area contributed by atoms with Gasteiger partial charge in [0.1, 0.15) is 6.61 Å². The van der Waals surface area contributed by atoms with Crippen molar-refractivity contribution in [3.05, 3.63) is 70.3 Å². The summed E-state index contributed by atoms with van der Waals surface area (Å²) >= 11 is 1.08. The van der Waals surface area contributed by atoms with Crippen molar-refractivity contribution in [2.45, 2.75) is 18.9 Å². The Balaban J connectivity index is 1.89. The number of hydrogen-bond acceptors (Lipinski definition) is 7. The average molecular weight is 439 g/mol. The molecule has 8 heteroatoms. The van der Waals surface area contributed by atoms with E-state index in [4.69, 9.17) is 9.47 Å². The van der Waals surface area contributed by atoms with E-state index in [1.165, 1.54) is 7.11 Å². The Labute approximate surface area is 185 Å². The molecule has 31 heavy (non-hydrogen) atoms. The number of nitriles is 1. The third-order valence-corrected chi connectivity index (χ3v) is 5.74. The van der Waals surface area contributed by atoms with Crippen LogP contribution in [0.15, 0.2) is 59.1 Å². The van der Waals surface area contributed by atoms with E-state index in [-0.39, 0.29) is 18.1 Å². The summed E-state index contributed by atoms with van der Waals surface area (Å²) in [6, 6.07) is 17.3. The van der Waals surface area contributed by atoms with Gasteiger partial charge in [-0.25, -0.2) is 0 Å². The number of nitrogens with zero attached hydrogens (tertiary/aromatic N) is 1. The van der Waals surface area contributed by atoms with Crippen LogP contribution in [0.25, 0.3) is 0 Å². The number of allylic oxidation sites excluding steroid dienone is 1. The Hall–Kier alpha value is -3.44. The molecule has 2 aromatic rings. The molecule has 1 aliphatic heterocycles. The molecule has 160 valence electrons.